The van der Waals surface area contributed by atoms with Crippen LogP contribution in [0.2, 0.25) is 0 Å². The fourth-order valence-electron chi connectivity index (χ4n) is 2.69. The van der Waals surface area contributed by atoms with E-state index in [9.17, 15) is 22.2 Å². The van der Waals surface area contributed by atoms with Crippen LogP contribution in [0.15, 0.2) is 82.4 Å². The lowest BCUT2D eigenvalue weighted by molar-refractivity contribution is -0.138. The highest BCUT2D eigenvalue weighted by atomic mass is 32.2. The lowest BCUT2D eigenvalue weighted by Crippen LogP contribution is -2.22. The SMILES string of the molecule is O=C(N=S(=O)(c1ccccc1)C1C=CC=CC1)c1cnccc1C(F)(F)F. The molecule has 0 bridgehead atoms. The topological polar surface area (TPSA) is 59.4 Å². The van der Waals surface area contributed by atoms with Gasteiger partial charge in [-0.15, -0.1) is 0 Å². The van der Waals surface area contributed by atoms with Gasteiger partial charge in [0.25, 0.3) is 5.91 Å². The summed E-state index contributed by atoms with van der Waals surface area (Å²) in [5.74, 6) is -1.20. The Bertz CT molecular complexity index is 1020. The molecule has 0 saturated heterocycles. The van der Waals surface area contributed by atoms with Crippen molar-refractivity contribution in [3.63, 3.8) is 0 Å². The predicted octanol–water partition coefficient (Wildman–Crippen LogP) is 4.65. The molecule has 2 atom stereocenters. The average molecular weight is 392 g/mol. The second-order valence-corrected chi connectivity index (χ2v) is 8.18. The highest BCUT2D eigenvalue weighted by Gasteiger charge is 2.36. The molecule has 8 heteroatoms. The van der Waals surface area contributed by atoms with Crippen LogP contribution in [-0.2, 0) is 15.9 Å². The van der Waals surface area contributed by atoms with Gasteiger partial charge in [-0.1, -0.05) is 42.5 Å². The number of halogens is 3. The quantitative estimate of drug-likeness (QED) is 0.764. The van der Waals surface area contributed by atoms with E-state index >= 15 is 0 Å². The van der Waals surface area contributed by atoms with Gasteiger partial charge in [0, 0.05) is 17.3 Å². The summed E-state index contributed by atoms with van der Waals surface area (Å²) in [7, 11) is -3.34. The standard InChI is InChI=1S/C19H15F3N2O2S/c20-19(21,22)17-11-12-23-13-16(17)18(25)24-27(26,14-7-3-1-4-8-14)15-9-5-2-6-10-15/h1-9,11-13,15H,10H2. The van der Waals surface area contributed by atoms with Crippen LogP contribution in [0.3, 0.4) is 0 Å². The first kappa shape index (κ1) is 19.0. The Kier molecular flexibility index (Phi) is 5.27. The molecule has 3 rings (SSSR count). The van der Waals surface area contributed by atoms with E-state index in [-0.39, 0.29) is 0 Å². The summed E-state index contributed by atoms with van der Waals surface area (Å²) in [6.45, 7) is 0. The second kappa shape index (κ2) is 7.48. The Morgan fingerprint density at radius 2 is 1.89 bits per heavy atom. The molecular weight excluding hydrogens is 377 g/mol. The zero-order valence-corrected chi connectivity index (χ0v) is 14.8. The van der Waals surface area contributed by atoms with Gasteiger partial charge in [0.1, 0.15) is 0 Å². The summed E-state index contributed by atoms with van der Waals surface area (Å²) in [6, 6.07) is 8.81. The van der Waals surface area contributed by atoms with Crippen LogP contribution in [0.5, 0.6) is 0 Å². The number of allylic oxidation sites excluding steroid dienone is 3. The molecule has 0 N–H and O–H groups in total. The number of nitrogens with zero attached hydrogens (tertiary/aromatic N) is 2. The van der Waals surface area contributed by atoms with Crippen molar-refractivity contribution in [2.24, 2.45) is 4.36 Å². The molecule has 2 aromatic rings. The molecule has 1 amide bonds. The van der Waals surface area contributed by atoms with Crippen LogP contribution < -0.4 is 0 Å². The zero-order valence-electron chi connectivity index (χ0n) is 14.0. The molecule has 0 spiro atoms. The smallest absolute Gasteiger partial charge is 0.266 e. The number of rotatable bonds is 3. The van der Waals surface area contributed by atoms with E-state index in [1.54, 1.807) is 54.6 Å². The van der Waals surface area contributed by atoms with Gasteiger partial charge in [-0.05, 0) is 24.6 Å². The summed E-state index contributed by atoms with van der Waals surface area (Å²) >= 11 is 0. The summed E-state index contributed by atoms with van der Waals surface area (Å²) in [5, 5.41) is -0.625. The summed E-state index contributed by atoms with van der Waals surface area (Å²) < 4.78 is 57.1. The van der Waals surface area contributed by atoms with E-state index in [4.69, 9.17) is 0 Å². The molecule has 27 heavy (non-hydrogen) atoms. The van der Waals surface area contributed by atoms with Gasteiger partial charge in [0.05, 0.1) is 26.1 Å². The van der Waals surface area contributed by atoms with Gasteiger partial charge >= 0.3 is 6.18 Å². The van der Waals surface area contributed by atoms with Crippen LogP contribution in [0.25, 0.3) is 0 Å². The van der Waals surface area contributed by atoms with Crippen molar-refractivity contribution >= 4 is 15.6 Å². The molecule has 1 aliphatic carbocycles. The Morgan fingerprint density at radius 3 is 2.52 bits per heavy atom. The average Bonchev–Trinajstić information content (AvgIpc) is 2.68. The van der Waals surface area contributed by atoms with E-state index in [0.29, 0.717) is 17.4 Å². The monoisotopic (exact) mass is 392 g/mol. The number of aromatic nitrogens is 1. The van der Waals surface area contributed by atoms with Crippen LogP contribution in [0.4, 0.5) is 13.2 Å². The van der Waals surface area contributed by atoms with E-state index in [0.717, 1.165) is 12.4 Å². The van der Waals surface area contributed by atoms with Crippen LogP contribution in [0, 0.1) is 0 Å². The third-order valence-electron chi connectivity index (χ3n) is 4.01. The number of carbonyl (C=O) groups is 1. The maximum atomic E-state index is 13.7. The Balaban J connectivity index is 2.16. The minimum Gasteiger partial charge on any atom is -0.266 e. The Hall–Kier alpha value is -2.74. The number of hydrogen-bond donors (Lipinski definition) is 0. The first-order valence-corrected chi connectivity index (χ1v) is 9.60. The van der Waals surface area contributed by atoms with E-state index in [1.165, 1.54) is 0 Å². The van der Waals surface area contributed by atoms with Crippen molar-refractivity contribution in [1.82, 2.24) is 4.98 Å². The largest absolute Gasteiger partial charge is 0.417 e. The Morgan fingerprint density at radius 1 is 1.15 bits per heavy atom. The van der Waals surface area contributed by atoms with E-state index in [2.05, 4.69) is 9.35 Å². The number of carbonyl (C=O) groups excluding carboxylic acids is 1. The molecule has 0 fully saturated rings. The molecular formula is C19H15F3N2O2S. The molecule has 1 aromatic carbocycles. The van der Waals surface area contributed by atoms with Crippen LogP contribution in [-0.4, -0.2) is 20.3 Å². The molecule has 140 valence electrons. The molecule has 0 radical (unpaired) electrons. The minimum atomic E-state index is -4.75. The molecule has 1 heterocycles. The molecule has 0 aliphatic heterocycles. The fraction of sp³-hybridized carbons (Fsp3) is 0.158. The Labute approximate surface area is 154 Å². The normalized spacial score (nSPS) is 18.7. The summed E-state index contributed by atoms with van der Waals surface area (Å²) in [6.07, 6.45) is 4.25. The first-order chi connectivity index (χ1) is 12.8. The van der Waals surface area contributed by atoms with Gasteiger partial charge in [0.2, 0.25) is 0 Å². The van der Waals surface area contributed by atoms with Gasteiger partial charge in [0.15, 0.2) is 0 Å². The van der Waals surface area contributed by atoms with Crippen molar-refractivity contribution in [3.05, 3.63) is 84.2 Å². The highest BCUT2D eigenvalue weighted by Crippen LogP contribution is 2.32. The maximum Gasteiger partial charge on any atom is 0.417 e. The van der Waals surface area contributed by atoms with Crippen molar-refractivity contribution < 1.29 is 22.2 Å². The third-order valence-corrected chi connectivity index (χ3v) is 6.56. The maximum absolute atomic E-state index is 13.7. The first-order valence-electron chi connectivity index (χ1n) is 8.02. The van der Waals surface area contributed by atoms with Crippen molar-refractivity contribution in [2.45, 2.75) is 22.7 Å². The molecule has 0 saturated carbocycles. The van der Waals surface area contributed by atoms with Crippen LogP contribution >= 0.6 is 0 Å². The van der Waals surface area contributed by atoms with Crippen molar-refractivity contribution in [1.29, 1.82) is 0 Å². The second-order valence-electron chi connectivity index (χ2n) is 5.78. The highest BCUT2D eigenvalue weighted by molar-refractivity contribution is 7.94. The number of pyridine rings is 1. The van der Waals surface area contributed by atoms with Gasteiger partial charge in [-0.2, -0.15) is 17.5 Å². The summed E-state index contributed by atoms with van der Waals surface area (Å²) in [4.78, 5) is 16.5. The fourth-order valence-corrected chi connectivity index (χ4v) is 4.85. The van der Waals surface area contributed by atoms with Gasteiger partial charge in [-0.3, -0.25) is 9.78 Å². The molecule has 1 aromatic heterocycles. The molecule has 2 unspecified atom stereocenters. The predicted molar refractivity (Wildman–Crippen MR) is 95.5 cm³/mol. The lowest BCUT2D eigenvalue weighted by atomic mass is 10.1. The number of benzene rings is 1. The van der Waals surface area contributed by atoms with E-state index in [1.807, 2.05) is 0 Å². The lowest BCUT2D eigenvalue weighted by Gasteiger charge is -2.19. The molecule has 4 nitrogen and oxygen atoms in total. The summed E-state index contributed by atoms with van der Waals surface area (Å²) in [5.41, 5.74) is -1.87. The van der Waals surface area contributed by atoms with Gasteiger partial charge in [-0.25, -0.2) is 4.21 Å². The van der Waals surface area contributed by atoms with Gasteiger partial charge < -0.3 is 0 Å². The van der Waals surface area contributed by atoms with Crippen molar-refractivity contribution in [3.8, 4) is 0 Å². The number of alkyl halides is 3. The van der Waals surface area contributed by atoms with E-state index < -0.39 is 38.2 Å². The zero-order chi connectivity index (χ0) is 19.5. The van der Waals surface area contributed by atoms with Crippen LogP contribution in [0.1, 0.15) is 22.3 Å². The number of hydrogen-bond acceptors (Lipinski definition) is 3. The molecule has 1 aliphatic rings. The third kappa shape index (κ3) is 4.00. The van der Waals surface area contributed by atoms with Crippen molar-refractivity contribution in [2.75, 3.05) is 0 Å². The number of amides is 1. The minimum absolute atomic E-state index is 0.292.